The molecule has 0 atom stereocenters. The first-order valence-electron chi connectivity index (χ1n) is 9.48. The Kier molecular flexibility index (Phi) is 7.80. The van der Waals surface area contributed by atoms with E-state index >= 15 is 0 Å². The fourth-order valence-corrected chi connectivity index (χ4v) is 2.44. The Morgan fingerprint density at radius 2 is 1.57 bits per heavy atom. The normalized spacial score (nSPS) is 10.7. The predicted molar refractivity (Wildman–Crippen MR) is 115 cm³/mol. The molecule has 160 valence electrons. The minimum absolute atomic E-state index is 0.0850. The van der Waals surface area contributed by atoms with E-state index in [9.17, 15) is 14.4 Å². The molecular weight excluding hydrogens is 386 g/mol. The van der Waals surface area contributed by atoms with E-state index < -0.39 is 11.7 Å². The average molecular weight is 413 g/mol. The lowest BCUT2D eigenvalue weighted by molar-refractivity contribution is -0.116. The van der Waals surface area contributed by atoms with Gasteiger partial charge in [-0.2, -0.15) is 0 Å². The number of carbonyl (C=O) groups is 3. The van der Waals surface area contributed by atoms with E-state index in [0.717, 1.165) is 0 Å². The molecule has 0 heterocycles. The molecule has 0 spiro atoms. The van der Waals surface area contributed by atoms with E-state index in [-0.39, 0.29) is 24.8 Å². The van der Waals surface area contributed by atoms with Crippen LogP contribution in [-0.4, -0.2) is 37.2 Å². The molecule has 0 saturated heterocycles. The van der Waals surface area contributed by atoms with Crippen LogP contribution in [0.5, 0.6) is 5.75 Å². The summed E-state index contributed by atoms with van der Waals surface area (Å²) in [6.07, 6.45) is -0.486. The summed E-state index contributed by atoms with van der Waals surface area (Å²) in [6, 6.07) is 13.5. The SMILES string of the molecule is COc1ccc(C(=O)Nc2cccc(NC(=O)CCNC(=O)OC(C)(C)C)c2)cc1. The minimum Gasteiger partial charge on any atom is -0.497 e. The highest BCUT2D eigenvalue weighted by Crippen LogP contribution is 2.17. The molecule has 2 rings (SSSR count). The number of alkyl carbamates (subject to hydrolysis) is 1. The van der Waals surface area contributed by atoms with Crippen molar-refractivity contribution in [1.29, 1.82) is 0 Å². The number of hydrogen-bond donors (Lipinski definition) is 3. The van der Waals surface area contributed by atoms with Crippen LogP contribution in [0, 0.1) is 0 Å². The lowest BCUT2D eigenvalue weighted by Gasteiger charge is -2.19. The zero-order chi connectivity index (χ0) is 22.1. The lowest BCUT2D eigenvalue weighted by Crippen LogP contribution is -2.34. The van der Waals surface area contributed by atoms with Crippen LogP contribution in [0.4, 0.5) is 16.2 Å². The van der Waals surface area contributed by atoms with Crippen molar-refractivity contribution in [3.8, 4) is 5.75 Å². The van der Waals surface area contributed by atoms with Gasteiger partial charge in [-0.3, -0.25) is 9.59 Å². The quantitative estimate of drug-likeness (QED) is 0.640. The van der Waals surface area contributed by atoms with Gasteiger partial charge in [0, 0.05) is 29.9 Å². The molecule has 3 amide bonds. The second-order valence-electron chi connectivity index (χ2n) is 7.49. The summed E-state index contributed by atoms with van der Waals surface area (Å²) in [5, 5.41) is 8.05. The topological polar surface area (TPSA) is 106 Å². The standard InChI is InChI=1S/C22H27N3O5/c1-22(2,3)30-21(28)23-13-12-19(26)24-16-6-5-7-17(14-16)25-20(27)15-8-10-18(29-4)11-9-15/h5-11,14H,12-13H2,1-4H3,(H,23,28)(H,24,26)(H,25,27). The summed E-state index contributed by atoms with van der Waals surface area (Å²) >= 11 is 0. The summed E-state index contributed by atoms with van der Waals surface area (Å²) < 4.78 is 10.2. The van der Waals surface area contributed by atoms with Crippen LogP contribution in [0.1, 0.15) is 37.6 Å². The van der Waals surface area contributed by atoms with Gasteiger partial charge in [0.25, 0.3) is 5.91 Å². The van der Waals surface area contributed by atoms with Gasteiger partial charge >= 0.3 is 6.09 Å². The third-order valence-electron chi connectivity index (χ3n) is 3.78. The van der Waals surface area contributed by atoms with E-state index in [0.29, 0.717) is 22.7 Å². The third kappa shape index (κ3) is 7.83. The Balaban J connectivity index is 1.85. The highest BCUT2D eigenvalue weighted by atomic mass is 16.6. The van der Waals surface area contributed by atoms with Gasteiger partial charge in [0.1, 0.15) is 11.4 Å². The van der Waals surface area contributed by atoms with Crippen LogP contribution in [0.3, 0.4) is 0 Å². The van der Waals surface area contributed by atoms with Gasteiger partial charge in [-0.25, -0.2) is 4.79 Å². The van der Waals surface area contributed by atoms with Gasteiger partial charge < -0.3 is 25.4 Å². The van der Waals surface area contributed by atoms with Crippen LogP contribution in [0.2, 0.25) is 0 Å². The number of benzene rings is 2. The van der Waals surface area contributed by atoms with Gasteiger partial charge in [0.2, 0.25) is 5.91 Å². The van der Waals surface area contributed by atoms with Gasteiger partial charge in [-0.15, -0.1) is 0 Å². The number of amides is 3. The molecule has 0 aliphatic heterocycles. The molecule has 3 N–H and O–H groups in total. The zero-order valence-electron chi connectivity index (χ0n) is 17.6. The van der Waals surface area contributed by atoms with Gasteiger partial charge in [-0.05, 0) is 63.2 Å². The fraction of sp³-hybridized carbons (Fsp3) is 0.318. The van der Waals surface area contributed by atoms with Crippen molar-refractivity contribution >= 4 is 29.3 Å². The Hall–Kier alpha value is -3.55. The second kappa shape index (κ2) is 10.3. The molecule has 0 aliphatic carbocycles. The first kappa shape index (κ1) is 22.7. The molecule has 0 saturated carbocycles. The maximum atomic E-state index is 12.4. The van der Waals surface area contributed by atoms with Gasteiger partial charge in [0.05, 0.1) is 7.11 Å². The molecule has 0 bridgehead atoms. The minimum atomic E-state index is -0.594. The fourth-order valence-electron chi connectivity index (χ4n) is 2.44. The maximum Gasteiger partial charge on any atom is 0.407 e. The predicted octanol–water partition coefficient (Wildman–Crippen LogP) is 3.80. The summed E-state index contributed by atoms with van der Waals surface area (Å²) in [5.41, 5.74) is 0.965. The molecule has 2 aromatic rings. The molecule has 8 nitrogen and oxygen atoms in total. The van der Waals surface area contributed by atoms with E-state index in [1.807, 2.05) is 0 Å². The van der Waals surface area contributed by atoms with Crippen LogP contribution in [0.25, 0.3) is 0 Å². The van der Waals surface area contributed by atoms with E-state index in [1.165, 1.54) is 0 Å². The number of carbonyl (C=O) groups excluding carboxylic acids is 3. The number of methoxy groups -OCH3 is 1. The molecule has 0 unspecified atom stereocenters. The van der Waals surface area contributed by atoms with Crippen molar-refractivity contribution in [2.45, 2.75) is 32.8 Å². The van der Waals surface area contributed by atoms with Crippen molar-refractivity contribution < 1.29 is 23.9 Å². The Labute approximate surface area is 175 Å². The monoisotopic (exact) mass is 413 g/mol. The number of ether oxygens (including phenoxy) is 2. The molecule has 0 aromatic heterocycles. The summed E-state index contributed by atoms with van der Waals surface area (Å²) in [7, 11) is 1.56. The highest BCUT2D eigenvalue weighted by Gasteiger charge is 2.16. The zero-order valence-corrected chi connectivity index (χ0v) is 17.6. The smallest absolute Gasteiger partial charge is 0.407 e. The molecule has 2 aromatic carbocycles. The third-order valence-corrected chi connectivity index (χ3v) is 3.78. The summed E-state index contributed by atoms with van der Waals surface area (Å²) in [4.78, 5) is 36.0. The molecule has 0 fully saturated rings. The first-order chi connectivity index (χ1) is 14.2. The largest absolute Gasteiger partial charge is 0.497 e. The Bertz CT molecular complexity index is 888. The second-order valence-corrected chi connectivity index (χ2v) is 7.49. The number of rotatable bonds is 7. The van der Waals surface area contributed by atoms with Crippen molar-refractivity contribution in [3.05, 3.63) is 54.1 Å². The van der Waals surface area contributed by atoms with E-state index in [1.54, 1.807) is 76.4 Å². The van der Waals surface area contributed by atoms with Gasteiger partial charge in [0.15, 0.2) is 0 Å². The number of anilines is 2. The molecule has 8 heteroatoms. The first-order valence-corrected chi connectivity index (χ1v) is 9.48. The lowest BCUT2D eigenvalue weighted by atomic mass is 10.2. The Morgan fingerprint density at radius 3 is 2.17 bits per heavy atom. The van der Waals surface area contributed by atoms with Crippen LogP contribution in [-0.2, 0) is 9.53 Å². The summed E-state index contributed by atoms with van der Waals surface area (Å²) in [6.45, 7) is 5.44. The number of nitrogens with one attached hydrogen (secondary N) is 3. The molecular formula is C22H27N3O5. The van der Waals surface area contributed by atoms with E-state index in [4.69, 9.17) is 9.47 Å². The highest BCUT2D eigenvalue weighted by molar-refractivity contribution is 6.04. The van der Waals surface area contributed by atoms with Gasteiger partial charge in [-0.1, -0.05) is 6.07 Å². The van der Waals surface area contributed by atoms with Crippen LogP contribution < -0.4 is 20.7 Å². The van der Waals surface area contributed by atoms with Crippen LogP contribution >= 0.6 is 0 Å². The molecule has 30 heavy (non-hydrogen) atoms. The molecule has 0 radical (unpaired) electrons. The summed E-state index contributed by atoms with van der Waals surface area (Å²) in [5.74, 6) is 0.116. The maximum absolute atomic E-state index is 12.4. The van der Waals surface area contributed by atoms with Crippen molar-refractivity contribution in [2.75, 3.05) is 24.3 Å². The van der Waals surface area contributed by atoms with Crippen molar-refractivity contribution in [2.24, 2.45) is 0 Å². The van der Waals surface area contributed by atoms with Crippen LogP contribution in [0.15, 0.2) is 48.5 Å². The van der Waals surface area contributed by atoms with Crippen molar-refractivity contribution in [3.63, 3.8) is 0 Å². The Morgan fingerprint density at radius 1 is 0.933 bits per heavy atom. The number of hydrogen-bond acceptors (Lipinski definition) is 5. The van der Waals surface area contributed by atoms with E-state index in [2.05, 4.69) is 16.0 Å². The van der Waals surface area contributed by atoms with Crippen molar-refractivity contribution in [1.82, 2.24) is 5.32 Å². The molecule has 0 aliphatic rings. The average Bonchev–Trinajstić information content (AvgIpc) is 2.67.